The van der Waals surface area contributed by atoms with Crippen molar-refractivity contribution in [1.82, 2.24) is 5.32 Å². The summed E-state index contributed by atoms with van der Waals surface area (Å²) in [5.74, 6) is -2.20. The maximum atomic E-state index is 12.2. The average Bonchev–Trinajstić information content (AvgIpc) is 2.79. The van der Waals surface area contributed by atoms with Crippen LogP contribution in [0.5, 0.6) is 0 Å². The third-order valence-electron chi connectivity index (χ3n) is 3.57. The van der Waals surface area contributed by atoms with Crippen LogP contribution in [0.4, 0.5) is 0 Å². The van der Waals surface area contributed by atoms with E-state index in [-0.39, 0.29) is 24.3 Å². The number of rotatable bonds is 5. The molecule has 0 unspecified atom stereocenters. The summed E-state index contributed by atoms with van der Waals surface area (Å²) in [6, 6.07) is 6.29. The molecule has 8 heteroatoms. The highest BCUT2D eigenvalue weighted by atomic mass is 79.9. The lowest BCUT2D eigenvalue weighted by Crippen LogP contribution is -2.35. The van der Waals surface area contributed by atoms with Crippen molar-refractivity contribution in [2.45, 2.75) is 18.9 Å². The van der Waals surface area contributed by atoms with E-state index in [0.717, 1.165) is 4.47 Å². The lowest BCUT2D eigenvalue weighted by molar-refractivity contribution is -0.137. The normalized spacial score (nSPS) is 21.2. The van der Waals surface area contributed by atoms with E-state index in [9.17, 15) is 18.0 Å². The molecular formula is C14H16BrNO5S. The first-order chi connectivity index (χ1) is 10.3. The van der Waals surface area contributed by atoms with Gasteiger partial charge in [0.25, 0.3) is 0 Å². The predicted molar refractivity (Wildman–Crippen MR) is 84.0 cm³/mol. The van der Waals surface area contributed by atoms with E-state index >= 15 is 0 Å². The standard InChI is InChI=1S/C14H16BrNO5S/c15-11-3-1-9(2-4-11)12(7-13(17)18)16-14(19)10-5-6-22(20,21)8-10/h1-4,10,12H,5-8H2,(H,16,19)(H,17,18)/t10-,12-/m0/s1. The van der Waals surface area contributed by atoms with Crippen LogP contribution in [-0.4, -0.2) is 36.9 Å². The molecule has 2 atom stereocenters. The zero-order valence-electron chi connectivity index (χ0n) is 11.7. The van der Waals surface area contributed by atoms with Crippen molar-refractivity contribution in [2.75, 3.05) is 11.5 Å². The van der Waals surface area contributed by atoms with Crippen LogP contribution >= 0.6 is 15.9 Å². The molecule has 0 spiro atoms. The Balaban J connectivity index is 2.11. The topological polar surface area (TPSA) is 101 Å². The highest BCUT2D eigenvalue weighted by Gasteiger charge is 2.34. The third-order valence-corrected chi connectivity index (χ3v) is 5.87. The SMILES string of the molecule is O=C(O)C[C@H](NC(=O)[C@H]1CCS(=O)(=O)C1)c1ccc(Br)cc1. The van der Waals surface area contributed by atoms with Crippen LogP contribution in [0.3, 0.4) is 0 Å². The first-order valence-corrected chi connectivity index (χ1v) is 9.36. The van der Waals surface area contributed by atoms with E-state index in [1.807, 2.05) is 0 Å². The number of halogens is 1. The molecule has 1 fully saturated rings. The number of carbonyl (C=O) groups is 2. The molecule has 0 aliphatic carbocycles. The summed E-state index contributed by atoms with van der Waals surface area (Å²) in [6.45, 7) is 0. The van der Waals surface area contributed by atoms with Gasteiger partial charge in [0.05, 0.1) is 29.9 Å². The molecule has 0 radical (unpaired) electrons. The molecule has 2 rings (SSSR count). The zero-order valence-corrected chi connectivity index (χ0v) is 14.1. The van der Waals surface area contributed by atoms with Gasteiger partial charge in [-0.25, -0.2) is 8.42 Å². The molecule has 1 aliphatic heterocycles. The van der Waals surface area contributed by atoms with Crippen molar-refractivity contribution in [1.29, 1.82) is 0 Å². The number of carbonyl (C=O) groups excluding carboxylic acids is 1. The molecule has 0 aromatic heterocycles. The summed E-state index contributed by atoms with van der Waals surface area (Å²) in [7, 11) is -3.15. The molecule has 6 nitrogen and oxygen atoms in total. The summed E-state index contributed by atoms with van der Waals surface area (Å²) in [4.78, 5) is 23.2. The minimum atomic E-state index is -3.15. The number of nitrogens with one attached hydrogen (secondary N) is 1. The van der Waals surface area contributed by atoms with Crippen LogP contribution < -0.4 is 5.32 Å². The lowest BCUT2D eigenvalue weighted by atomic mass is 10.0. The fraction of sp³-hybridized carbons (Fsp3) is 0.429. The van der Waals surface area contributed by atoms with Crippen LogP contribution in [0, 0.1) is 5.92 Å². The van der Waals surface area contributed by atoms with E-state index in [0.29, 0.717) is 5.56 Å². The molecule has 1 amide bonds. The highest BCUT2D eigenvalue weighted by molar-refractivity contribution is 9.10. The lowest BCUT2D eigenvalue weighted by Gasteiger charge is -2.19. The third kappa shape index (κ3) is 4.54. The van der Waals surface area contributed by atoms with Gasteiger partial charge in [0.2, 0.25) is 5.91 Å². The first kappa shape index (κ1) is 17.0. The Hall–Kier alpha value is -1.41. The van der Waals surface area contributed by atoms with Gasteiger partial charge in [-0.2, -0.15) is 0 Å². The van der Waals surface area contributed by atoms with E-state index in [4.69, 9.17) is 5.11 Å². The van der Waals surface area contributed by atoms with E-state index < -0.39 is 33.7 Å². The molecule has 2 N–H and O–H groups in total. The minimum Gasteiger partial charge on any atom is -0.481 e. The van der Waals surface area contributed by atoms with Crippen LogP contribution in [0.2, 0.25) is 0 Å². The predicted octanol–water partition coefficient (Wildman–Crippen LogP) is 1.52. The second kappa shape index (κ2) is 6.78. The van der Waals surface area contributed by atoms with Crippen molar-refractivity contribution in [3.05, 3.63) is 34.3 Å². The summed E-state index contributed by atoms with van der Waals surface area (Å²) in [6.07, 6.45) is 0.0289. The molecule has 1 heterocycles. The van der Waals surface area contributed by atoms with Crippen molar-refractivity contribution in [3.63, 3.8) is 0 Å². The summed E-state index contributed by atoms with van der Waals surface area (Å²) >= 11 is 3.29. The van der Waals surface area contributed by atoms with E-state index in [1.165, 1.54) is 0 Å². The van der Waals surface area contributed by atoms with Crippen LogP contribution in [0.25, 0.3) is 0 Å². The first-order valence-electron chi connectivity index (χ1n) is 6.75. The minimum absolute atomic E-state index is 0.00691. The van der Waals surface area contributed by atoms with Gasteiger partial charge in [0, 0.05) is 4.47 Å². The monoisotopic (exact) mass is 389 g/mol. The van der Waals surface area contributed by atoms with Gasteiger partial charge in [-0.05, 0) is 24.1 Å². The van der Waals surface area contributed by atoms with Crippen molar-refractivity contribution in [2.24, 2.45) is 5.92 Å². The Morgan fingerprint density at radius 2 is 1.95 bits per heavy atom. The smallest absolute Gasteiger partial charge is 0.305 e. The number of carboxylic acid groups (broad SMARTS) is 1. The maximum Gasteiger partial charge on any atom is 0.305 e. The number of hydrogen-bond donors (Lipinski definition) is 2. The zero-order chi connectivity index (χ0) is 16.3. The molecule has 1 aromatic rings. The summed E-state index contributed by atoms with van der Waals surface area (Å²) in [5.41, 5.74) is 0.666. The van der Waals surface area contributed by atoms with Crippen LogP contribution in [0.1, 0.15) is 24.4 Å². The van der Waals surface area contributed by atoms with Crippen molar-refractivity contribution < 1.29 is 23.1 Å². The summed E-state index contributed by atoms with van der Waals surface area (Å²) in [5, 5.41) is 11.7. The van der Waals surface area contributed by atoms with E-state index in [2.05, 4.69) is 21.2 Å². The van der Waals surface area contributed by atoms with Gasteiger partial charge < -0.3 is 10.4 Å². The van der Waals surface area contributed by atoms with Crippen LogP contribution in [0.15, 0.2) is 28.7 Å². The number of sulfone groups is 1. The van der Waals surface area contributed by atoms with E-state index in [1.54, 1.807) is 24.3 Å². The second-order valence-electron chi connectivity index (χ2n) is 5.31. The molecule has 22 heavy (non-hydrogen) atoms. The van der Waals surface area contributed by atoms with Gasteiger partial charge in [-0.1, -0.05) is 28.1 Å². The quantitative estimate of drug-likeness (QED) is 0.794. The number of carboxylic acids is 1. The van der Waals surface area contributed by atoms with Gasteiger partial charge in [0.1, 0.15) is 0 Å². The molecule has 1 aromatic carbocycles. The Bertz CT molecular complexity index is 671. The number of benzene rings is 1. The molecule has 0 saturated carbocycles. The maximum absolute atomic E-state index is 12.2. The summed E-state index contributed by atoms with van der Waals surface area (Å²) < 4.78 is 23.7. The van der Waals surface area contributed by atoms with Gasteiger partial charge in [-0.15, -0.1) is 0 Å². The number of amides is 1. The Morgan fingerprint density at radius 3 is 2.45 bits per heavy atom. The number of hydrogen-bond acceptors (Lipinski definition) is 4. The Kier molecular flexibility index (Phi) is 5.23. The molecular weight excluding hydrogens is 374 g/mol. The average molecular weight is 390 g/mol. The van der Waals surface area contributed by atoms with Crippen molar-refractivity contribution >= 4 is 37.6 Å². The van der Waals surface area contributed by atoms with Crippen LogP contribution in [-0.2, 0) is 19.4 Å². The Morgan fingerprint density at radius 1 is 1.32 bits per heavy atom. The van der Waals surface area contributed by atoms with Gasteiger partial charge >= 0.3 is 5.97 Å². The molecule has 120 valence electrons. The molecule has 1 saturated heterocycles. The highest BCUT2D eigenvalue weighted by Crippen LogP contribution is 2.23. The fourth-order valence-electron chi connectivity index (χ4n) is 2.41. The van der Waals surface area contributed by atoms with Crippen molar-refractivity contribution in [3.8, 4) is 0 Å². The largest absolute Gasteiger partial charge is 0.481 e. The van der Waals surface area contributed by atoms with Gasteiger partial charge in [-0.3, -0.25) is 9.59 Å². The van der Waals surface area contributed by atoms with Gasteiger partial charge in [0.15, 0.2) is 9.84 Å². The molecule has 1 aliphatic rings. The Labute approximate surface area is 137 Å². The second-order valence-corrected chi connectivity index (χ2v) is 8.45. The number of aliphatic carboxylic acids is 1. The fourth-order valence-corrected chi connectivity index (χ4v) is 4.42. The molecule has 0 bridgehead atoms.